The smallest absolute Gasteiger partial charge is 0.264 e. The van der Waals surface area contributed by atoms with E-state index in [-0.39, 0.29) is 39.1 Å². The van der Waals surface area contributed by atoms with E-state index < -0.39 is 28.5 Å². The molecule has 0 fully saturated rings. The molecule has 10 heteroatoms. The maximum absolute atomic E-state index is 13.9. The molecule has 3 aromatic rings. The molecule has 0 unspecified atom stereocenters. The molecule has 0 aliphatic carbocycles. The number of sulfonamides is 1. The topological polar surface area (TPSA) is 86.8 Å². The van der Waals surface area contributed by atoms with Crippen LogP contribution in [0.4, 0.5) is 5.69 Å². The molecule has 0 saturated heterocycles. The van der Waals surface area contributed by atoms with Gasteiger partial charge in [0.05, 0.1) is 15.6 Å². The van der Waals surface area contributed by atoms with Gasteiger partial charge in [-0.1, -0.05) is 78.2 Å². The van der Waals surface area contributed by atoms with E-state index in [1.54, 1.807) is 25.1 Å². The number of hydrogen-bond acceptors (Lipinski definition) is 4. The first-order chi connectivity index (χ1) is 18.9. The second-order valence-corrected chi connectivity index (χ2v) is 12.4. The van der Waals surface area contributed by atoms with Crippen molar-refractivity contribution in [2.75, 3.05) is 17.4 Å². The van der Waals surface area contributed by atoms with Crippen molar-refractivity contribution in [3.8, 4) is 0 Å². The van der Waals surface area contributed by atoms with Crippen LogP contribution in [0, 0.1) is 6.92 Å². The fourth-order valence-electron chi connectivity index (χ4n) is 4.06. The van der Waals surface area contributed by atoms with Gasteiger partial charge >= 0.3 is 0 Å². The number of hydrogen-bond donors (Lipinski definition) is 1. The summed E-state index contributed by atoms with van der Waals surface area (Å²) in [5.74, 6) is -0.862. The van der Waals surface area contributed by atoms with E-state index in [4.69, 9.17) is 23.2 Å². The van der Waals surface area contributed by atoms with Crippen molar-refractivity contribution in [1.82, 2.24) is 10.2 Å². The van der Waals surface area contributed by atoms with E-state index in [2.05, 4.69) is 5.32 Å². The van der Waals surface area contributed by atoms with Crippen molar-refractivity contribution < 1.29 is 18.0 Å². The Hall–Kier alpha value is -3.07. The Kier molecular flexibility index (Phi) is 11.0. The summed E-state index contributed by atoms with van der Waals surface area (Å²) in [7, 11) is -4.23. The van der Waals surface area contributed by atoms with Crippen LogP contribution in [0.3, 0.4) is 0 Å². The summed E-state index contributed by atoms with van der Waals surface area (Å²) in [6.07, 6.45) is 1.21. The molecule has 0 saturated carbocycles. The van der Waals surface area contributed by atoms with Crippen LogP contribution in [-0.2, 0) is 26.0 Å². The number of benzene rings is 3. The Morgan fingerprint density at radius 2 is 1.60 bits per heavy atom. The maximum atomic E-state index is 13.9. The number of carbonyl (C=O) groups is 2. The van der Waals surface area contributed by atoms with Gasteiger partial charge in [0.25, 0.3) is 10.0 Å². The van der Waals surface area contributed by atoms with Crippen LogP contribution in [-0.4, -0.2) is 50.3 Å². The van der Waals surface area contributed by atoms with Gasteiger partial charge in [-0.25, -0.2) is 8.42 Å². The first kappa shape index (κ1) is 31.5. The van der Waals surface area contributed by atoms with Crippen molar-refractivity contribution >= 4 is 50.7 Å². The number of rotatable bonds is 12. The van der Waals surface area contributed by atoms with Crippen molar-refractivity contribution in [3.05, 3.63) is 94.0 Å². The van der Waals surface area contributed by atoms with Gasteiger partial charge in [-0.05, 0) is 69.5 Å². The normalized spacial score (nSPS) is 12.8. The summed E-state index contributed by atoms with van der Waals surface area (Å²) in [6, 6.07) is 19.4. The van der Waals surface area contributed by atoms with Gasteiger partial charge in [-0.15, -0.1) is 0 Å². The number of aryl methyl sites for hydroxylation is 1. The second-order valence-electron chi connectivity index (χ2n) is 9.74. The molecule has 3 aromatic carbocycles. The molecule has 0 aliphatic heterocycles. The minimum Gasteiger partial charge on any atom is -0.352 e. The zero-order valence-electron chi connectivity index (χ0n) is 23.1. The average Bonchev–Trinajstić information content (AvgIpc) is 2.93. The predicted octanol–water partition coefficient (Wildman–Crippen LogP) is 5.87. The molecule has 3 rings (SSSR count). The van der Waals surface area contributed by atoms with Crippen LogP contribution in [0.2, 0.25) is 10.0 Å². The first-order valence-electron chi connectivity index (χ1n) is 13.1. The van der Waals surface area contributed by atoms with Crippen LogP contribution in [0.1, 0.15) is 38.3 Å². The van der Waals surface area contributed by atoms with Crippen molar-refractivity contribution in [3.63, 3.8) is 0 Å². The molecular formula is C30H35Cl2N3O4S. The highest BCUT2D eigenvalue weighted by molar-refractivity contribution is 7.92. The largest absolute Gasteiger partial charge is 0.352 e. The highest BCUT2D eigenvalue weighted by Crippen LogP contribution is 2.33. The minimum atomic E-state index is -4.23. The average molecular weight is 605 g/mol. The maximum Gasteiger partial charge on any atom is 0.264 e. The van der Waals surface area contributed by atoms with E-state index in [0.29, 0.717) is 6.42 Å². The Labute approximate surface area is 247 Å². The standard InChI is InChI=1S/C30H35Cl2N3O4S/c1-5-22(3)33-30(37)23(4)34(18-17-24-9-7-6-8-10-24)29(36)20-35(28-19-25(31)13-16-27(28)32)40(38,39)26-14-11-21(2)12-15-26/h6-16,19,22-23H,5,17-18,20H2,1-4H3,(H,33,37)/t22-,23-/m1/s1. The van der Waals surface area contributed by atoms with Crippen molar-refractivity contribution in [1.29, 1.82) is 0 Å². The molecule has 40 heavy (non-hydrogen) atoms. The summed E-state index contributed by atoms with van der Waals surface area (Å²) in [5.41, 5.74) is 1.94. The molecule has 0 bridgehead atoms. The van der Waals surface area contributed by atoms with Gasteiger partial charge in [-0.3, -0.25) is 13.9 Å². The Morgan fingerprint density at radius 1 is 0.950 bits per heavy atom. The van der Waals surface area contributed by atoms with Gasteiger partial charge in [0, 0.05) is 17.6 Å². The van der Waals surface area contributed by atoms with E-state index in [0.717, 1.165) is 21.9 Å². The predicted molar refractivity (Wildman–Crippen MR) is 161 cm³/mol. The molecular weight excluding hydrogens is 569 g/mol. The lowest BCUT2D eigenvalue weighted by Crippen LogP contribution is -2.53. The van der Waals surface area contributed by atoms with Crippen LogP contribution >= 0.6 is 23.2 Å². The second kappa shape index (κ2) is 14.0. The third-order valence-electron chi connectivity index (χ3n) is 6.72. The van der Waals surface area contributed by atoms with Gasteiger partial charge in [0.1, 0.15) is 12.6 Å². The fourth-order valence-corrected chi connectivity index (χ4v) is 5.92. The number of amides is 2. The summed E-state index contributed by atoms with van der Waals surface area (Å²) < 4.78 is 28.8. The van der Waals surface area contributed by atoms with Crippen LogP contribution < -0.4 is 9.62 Å². The highest BCUT2D eigenvalue weighted by atomic mass is 35.5. The zero-order chi connectivity index (χ0) is 29.4. The van der Waals surface area contributed by atoms with Gasteiger partial charge in [0.15, 0.2) is 0 Å². The lowest BCUT2D eigenvalue weighted by Gasteiger charge is -2.32. The van der Waals surface area contributed by atoms with E-state index in [1.807, 2.05) is 51.1 Å². The van der Waals surface area contributed by atoms with Gasteiger partial charge in [-0.2, -0.15) is 0 Å². The molecule has 7 nitrogen and oxygen atoms in total. The van der Waals surface area contributed by atoms with E-state index in [9.17, 15) is 18.0 Å². The first-order valence-corrected chi connectivity index (χ1v) is 15.3. The van der Waals surface area contributed by atoms with Gasteiger partial charge < -0.3 is 10.2 Å². The number of nitrogens with zero attached hydrogens (tertiary/aromatic N) is 2. The highest BCUT2D eigenvalue weighted by Gasteiger charge is 2.33. The SMILES string of the molecule is CC[C@@H](C)NC(=O)[C@@H](C)N(CCc1ccccc1)C(=O)CN(c1cc(Cl)ccc1Cl)S(=O)(=O)c1ccc(C)cc1. The molecule has 1 N–H and O–H groups in total. The molecule has 0 radical (unpaired) electrons. The summed E-state index contributed by atoms with van der Waals surface area (Å²) in [6.45, 7) is 6.97. The number of carbonyl (C=O) groups excluding carboxylic acids is 2. The molecule has 2 amide bonds. The Balaban J connectivity index is 2.01. The minimum absolute atomic E-state index is 0.000315. The monoisotopic (exact) mass is 603 g/mol. The molecule has 2 atom stereocenters. The number of halogens is 2. The molecule has 0 aliphatic rings. The lowest BCUT2D eigenvalue weighted by atomic mass is 10.1. The van der Waals surface area contributed by atoms with Crippen molar-refractivity contribution in [2.45, 2.75) is 57.5 Å². The summed E-state index contributed by atoms with van der Waals surface area (Å²) >= 11 is 12.7. The zero-order valence-corrected chi connectivity index (χ0v) is 25.4. The molecule has 0 spiro atoms. The molecule has 214 valence electrons. The van der Waals surface area contributed by atoms with E-state index >= 15 is 0 Å². The lowest BCUT2D eigenvalue weighted by molar-refractivity contribution is -0.139. The molecule has 0 aromatic heterocycles. The number of anilines is 1. The summed E-state index contributed by atoms with van der Waals surface area (Å²) in [4.78, 5) is 28.5. The quantitative estimate of drug-likeness (QED) is 0.280. The third-order valence-corrected chi connectivity index (χ3v) is 9.05. The van der Waals surface area contributed by atoms with Crippen LogP contribution in [0.15, 0.2) is 77.7 Å². The summed E-state index contributed by atoms with van der Waals surface area (Å²) in [5, 5.41) is 3.30. The molecule has 0 heterocycles. The van der Waals surface area contributed by atoms with Crippen molar-refractivity contribution in [2.24, 2.45) is 0 Å². The van der Waals surface area contributed by atoms with Gasteiger partial charge in [0.2, 0.25) is 11.8 Å². The Bertz CT molecular complexity index is 1420. The number of nitrogens with one attached hydrogen (secondary N) is 1. The van der Waals surface area contributed by atoms with E-state index in [1.165, 1.54) is 29.2 Å². The van der Waals surface area contributed by atoms with Crippen LogP contribution in [0.5, 0.6) is 0 Å². The Morgan fingerprint density at radius 3 is 2.23 bits per heavy atom. The van der Waals surface area contributed by atoms with Crippen LogP contribution in [0.25, 0.3) is 0 Å². The third kappa shape index (κ3) is 7.99. The fraction of sp³-hybridized carbons (Fsp3) is 0.333.